The molecule has 0 saturated heterocycles. The van der Waals surface area contributed by atoms with Crippen LogP contribution in [0.15, 0.2) is 29.2 Å². The molecule has 0 heterocycles. The number of sulfone groups is 1. The standard InChI is InChI=1S/C14H14F3NO2S/c15-14(16,17)11-6-2-4-8-13(11)21(19,20)12-7-3-1-5-10(12)9-18/h2,4,6,8,10,12H,1,3,5,7H2. The van der Waals surface area contributed by atoms with Crippen LogP contribution in [0, 0.1) is 17.2 Å². The van der Waals surface area contributed by atoms with Crippen LogP contribution >= 0.6 is 0 Å². The summed E-state index contributed by atoms with van der Waals surface area (Å²) >= 11 is 0. The van der Waals surface area contributed by atoms with Crippen molar-refractivity contribution in [3.8, 4) is 6.07 Å². The van der Waals surface area contributed by atoms with Gasteiger partial charge in [-0.05, 0) is 25.0 Å². The summed E-state index contributed by atoms with van der Waals surface area (Å²) < 4.78 is 64.1. The summed E-state index contributed by atoms with van der Waals surface area (Å²) in [4.78, 5) is -0.718. The Bertz CT molecular complexity index is 662. The number of benzene rings is 1. The predicted molar refractivity (Wildman–Crippen MR) is 70.0 cm³/mol. The van der Waals surface area contributed by atoms with Crippen LogP contribution in [0.25, 0.3) is 0 Å². The highest BCUT2D eigenvalue weighted by molar-refractivity contribution is 7.92. The molecule has 0 spiro atoms. The van der Waals surface area contributed by atoms with Crippen molar-refractivity contribution in [3.63, 3.8) is 0 Å². The summed E-state index contributed by atoms with van der Waals surface area (Å²) in [6.45, 7) is 0. The minimum Gasteiger partial charge on any atom is -0.223 e. The van der Waals surface area contributed by atoms with E-state index in [1.54, 1.807) is 0 Å². The average molecular weight is 317 g/mol. The molecule has 2 unspecified atom stereocenters. The Morgan fingerprint density at radius 2 is 1.76 bits per heavy atom. The van der Waals surface area contributed by atoms with Gasteiger partial charge in [0.1, 0.15) is 0 Å². The molecule has 1 aromatic carbocycles. The third-order valence-corrected chi connectivity index (χ3v) is 6.10. The molecular formula is C14H14F3NO2S. The minimum atomic E-state index is -4.74. The van der Waals surface area contributed by atoms with Gasteiger partial charge in [-0.3, -0.25) is 0 Å². The molecule has 7 heteroatoms. The van der Waals surface area contributed by atoms with Crippen LogP contribution in [-0.2, 0) is 16.0 Å². The highest BCUT2D eigenvalue weighted by Gasteiger charge is 2.42. The number of halogens is 3. The SMILES string of the molecule is N#CC1CCCCC1S(=O)(=O)c1ccccc1C(F)(F)F. The Balaban J connectivity index is 2.53. The maximum Gasteiger partial charge on any atom is 0.417 e. The van der Waals surface area contributed by atoms with Crippen molar-refractivity contribution >= 4 is 9.84 Å². The molecule has 1 aliphatic carbocycles. The maximum absolute atomic E-state index is 13.0. The summed E-state index contributed by atoms with van der Waals surface area (Å²) in [6.07, 6.45) is -2.76. The smallest absolute Gasteiger partial charge is 0.223 e. The molecule has 3 nitrogen and oxygen atoms in total. The monoisotopic (exact) mass is 317 g/mol. The van der Waals surface area contributed by atoms with Gasteiger partial charge in [0.15, 0.2) is 9.84 Å². The van der Waals surface area contributed by atoms with Gasteiger partial charge in [0.25, 0.3) is 0 Å². The second kappa shape index (κ2) is 5.68. The van der Waals surface area contributed by atoms with Crippen molar-refractivity contribution in [1.82, 2.24) is 0 Å². The van der Waals surface area contributed by atoms with E-state index >= 15 is 0 Å². The molecule has 0 amide bonds. The van der Waals surface area contributed by atoms with E-state index in [1.165, 1.54) is 6.07 Å². The van der Waals surface area contributed by atoms with Gasteiger partial charge in [-0.15, -0.1) is 0 Å². The molecule has 0 aliphatic heterocycles. The van der Waals surface area contributed by atoms with Crippen LogP contribution in [0.5, 0.6) is 0 Å². The number of hydrogen-bond donors (Lipinski definition) is 0. The van der Waals surface area contributed by atoms with Crippen molar-refractivity contribution in [2.75, 3.05) is 0 Å². The molecule has 0 radical (unpaired) electrons. The van der Waals surface area contributed by atoms with E-state index in [9.17, 15) is 21.6 Å². The van der Waals surface area contributed by atoms with Crippen molar-refractivity contribution in [3.05, 3.63) is 29.8 Å². The van der Waals surface area contributed by atoms with Gasteiger partial charge in [0.05, 0.1) is 27.7 Å². The Hall–Kier alpha value is -1.55. The Morgan fingerprint density at radius 3 is 2.38 bits per heavy atom. The number of rotatable bonds is 2. The number of alkyl halides is 3. The maximum atomic E-state index is 13.0. The average Bonchev–Trinajstić information content (AvgIpc) is 2.46. The summed E-state index contributed by atoms with van der Waals surface area (Å²) in [5.74, 6) is -0.745. The van der Waals surface area contributed by atoms with E-state index in [4.69, 9.17) is 5.26 Å². The zero-order valence-corrected chi connectivity index (χ0v) is 11.9. The van der Waals surface area contributed by atoms with E-state index in [0.717, 1.165) is 24.6 Å². The molecule has 1 aliphatic rings. The fourth-order valence-electron chi connectivity index (χ4n) is 2.73. The highest BCUT2D eigenvalue weighted by Crippen LogP contribution is 2.39. The highest BCUT2D eigenvalue weighted by atomic mass is 32.2. The van der Waals surface area contributed by atoms with Crippen molar-refractivity contribution in [1.29, 1.82) is 5.26 Å². The molecule has 21 heavy (non-hydrogen) atoms. The summed E-state index contributed by atoms with van der Waals surface area (Å²) in [5, 5.41) is 8.01. The van der Waals surface area contributed by atoms with Crippen LogP contribution in [0.4, 0.5) is 13.2 Å². The first-order valence-corrected chi connectivity index (χ1v) is 8.13. The third-order valence-electron chi connectivity index (χ3n) is 3.77. The van der Waals surface area contributed by atoms with Gasteiger partial charge >= 0.3 is 6.18 Å². The molecule has 2 atom stereocenters. The second-order valence-electron chi connectivity index (χ2n) is 5.10. The first kappa shape index (κ1) is 15.8. The fourth-order valence-corrected chi connectivity index (χ4v) is 4.92. The van der Waals surface area contributed by atoms with Gasteiger partial charge in [-0.1, -0.05) is 25.0 Å². The molecule has 114 valence electrons. The lowest BCUT2D eigenvalue weighted by molar-refractivity contribution is -0.139. The molecule has 1 fully saturated rings. The fraction of sp³-hybridized carbons (Fsp3) is 0.500. The van der Waals surface area contributed by atoms with Crippen LogP contribution < -0.4 is 0 Å². The lowest BCUT2D eigenvalue weighted by Crippen LogP contribution is -2.33. The summed E-state index contributed by atoms with van der Waals surface area (Å²) in [6, 6.07) is 6.09. The second-order valence-corrected chi connectivity index (χ2v) is 7.23. The van der Waals surface area contributed by atoms with Crippen molar-refractivity contribution < 1.29 is 21.6 Å². The first-order valence-electron chi connectivity index (χ1n) is 6.58. The van der Waals surface area contributed by atoms with Crippen LogP contribution in [0.3, 0.4) is 0 Å². The molecule has 0 aromatic heterocycles. The van der Waals surface area contributed by atoms with Crippen molar-refractivity contribution in [2.24, 2.45) is 5.92 Å². The van der Waals surface area contributed by atoms with E-state index in [2.05, 4.69) is 0 Å². The van der Waals surface area contributed by atoms with Gasteiger partial charge in [0.2, 0.25) is 0 Å². The number of hydrogen-bond acceptors (Lipinski definition) is 3. The summed E-state index contributed by atoms with van der Waals surface area (Å²) in [5.41, 5.74) is -1.16. The van der Waals surface area contributed by atoms with Crippen molar-refractivity contribution in [2.45, 2.75) is 42.0 Å². The Labute approximate surface area is 121 Å². The largest absolute Gasteiger partial charge is 0.417 e. The van der Waals surface area contributed by atoms with Crippen LogP contribution in [-0.4, -0.2) is 13.7 Å². The van der Waals surface area contributed by atoms with Crippen LogP contribution in [0.2, 0.25) is 0 Å². The van der Waals surface area contributed by atoms with Gasteiger partial charge in [0, 0.05) is 0 Å². The van der Waals surface area contributed by atoms with E-state index in [-0.39, 0.29) is 6.42 Å². The molecule has 2 rings (SSSR count). The van der Waals surface area contributed by atoms with Gasteiger partial charge < -0.3 is 0 Å². The lowest BCUT2D eigenvalue weighted by Gasteiger charge is -2.27. The van der Waals surface area contributed by atoms with E-state index < -0.39 is 37.6 Å². The topological polar surface area (TPSA) is 57.9 Å². The minimum absolute atomic E-state index is 0.229. The number of nitriles is 1. The molecular weight excluding hydrogens is 303 g/mol. The normalized spacial score (nSPS) is 23.5. The van der Waals surface area contributed by atoms with Gasteiger partial charge in [-0.2, -0.15) is 18.4 Å². The predicted octanol–water partition coefficient (Wildman–Crippen LogP) is 3.56. The quantitative estimate of drug-likeness (QED) is 0.838. The van der Waals surface area contributed by atoms with Crippen LogP contribution in [0.1, 0.15) is 31.2 Å². The molecule has 1 aromatic rings. The first-order chi connectivity index (χ1) is 9.78. The molecule has 0 N–H and O–H groups in total. The van der Waals surface area contributed by atoms with E-state index in [0.29, 0.717) is 12.8 Å². The summed E-state index contributed by atoms with van der Waals surface area (Å²) in [7, 11) is -4.18. The Kier molecular flexibility index (Phi) is 4.28. The molecule has 1 saturated carbocycles. The van der Waals surface area contributed by atoms with E-state index in [1.807, 2.05) is 6.07 Å². The Morgan fingerprint density at radius 1 is 1.14 bits per heavy atom. The zero-order chi connectivity index (χ0) is 15.7. The third kappa shape index (κ3) is 3.05. The number of nitrogens with zero attached hydrogens (tertiary/aromatic N) is 1. The zero-order valence-electron chi connectivity index (χ0n) is 11.1. The molecule has 0 bridgehead atoms. The van der Waals surface area contributed by atoms with Gasteiger partial charge in [-0.25, -0.2) is 8.42 Å². The lowest BCUT2D eigenvalue weighted by atomic mass is 9.90.